The number of carbonyl (C=O) groups excluding carboxylic acids is 1. The second-order valence-electron chi connectivity index (χ2n) is 3.90. The van der Waals surface area contributed by atoms with Gasteiger partial charge in [0.25, 0.3) is 0 Å². The molecule has 0 rings (SSSR count). The van der Waals surface area contributed by atoms with Gasteiger partial charge in [-0.25, -0.2) is 0 Å². The molecular weight excluding hydrogens is 180 g/mol. The summed E-state index contributed by atoms with van der Waals surface area (Å²) in [4.78, 5) is 11.5. The minimum absolute atomic E-state index is 0.225. The first-order chi connectivity index (χ1) is 6.46. The number of nitriles is 1. The number of amides is 1. The largest absolute Gasteiger partial charge is 0.382 e. The number of hydrogen-bond acceptors (Lipinski definition) is 3. The standard InChI is InChI=1S/C10H18N2O2/c1-5-8(6-11)9(13)12-10(2,3)7-14-4/h8H,5,7H2,1-4H3,(H,12,13). The summed E-state index contributed by atoms with van der Waals surface area (Å²) in [5.74, 6) is -0.789. The predicted molar refractivity (Wildman–Crippen MR) is 53.5 cm³/mol. The molecule has 0 fully saturated rings. The summed E-state index contributed by atoms with van der Waals surface area (Å²) in [5, 5.41) is 11.5. The Kier molecular flexibility index (Phi) is 5.18. The molecule has 1 atom stereocenters. The second kappa shape index (κ2) is 5.61. The van der Waals surface area contributed by atoms with Crippen molar-refractivity contribution in [3.05, 3.63) is 0 Å². The molecule has 0 bridgehead atoms. The van der Waals surface area contributed by atoms with E-state index in [0.29, 0.717) is 13.0 Å². The number of hydrogen-bond donors (Lipinski definition) is 1. The summed E-state index contributed by atoms with van der Waals surface area (Å²) in [6.07, 6.45) is 0.533. The van der Waals surface area contributed by atoms with Gasteiger partial charge < -0.3 is 10.1 Å². The number of carbonyl (C=O) groups is 1. The number of nitrogens with one attached hydrogen (secondary N) is 1. The van der Waals surface area contributed by atoms with Crippen molar-refractivity contribution >= 4 is 5.91 Å². The van der Waals surface area contributed by atoms with Gasteiger partial charge in [0.1, 0.15) is 5.92 Å². The molecule has 0 aliphatic rings. The number of methoxy groups -OCH3 is 1. The highest BCUT2D eigenvalue weighted by Gasteiger charge is 2.24. The fraction of sp³-hybridized carbons (Fsp3) is 0.800. The first-order valence-corrected chi connectivity index (χ1v) is 4.67. The summed E-state index contributed by atoms with van der Waals surface area (Å²) in [6.45, 7) is 5.97. The zero-order chi connectivity index (χ0) is 11.2. The Balaban J connectivity index is 4.24. The third-order valence-electron chi connectivity index (χ3n) is 1.85. The Hall–Kier alpha value is -1.08. The molecule has 1 amide bonds. The molecule has 0 aliphatic heterocycles. The van der Waals surface area contributed by atoms with Gasteiger partial charge in [0, 0.05) is 7.11 Å². The van der Waals surface area contributed by atoms with E-state index >= 15 is 0 Å². The van der Waals surface area contributed by atoms with Crippen LogP contribution in [0.15, 0.2) is 0 Å². The van der Waals surface area contributed by atoms with Gasteiger partial charge in [-0.05, 0) is 20.3 Å². The third-order valence-corrected chi connectivity index (χ3v) is 1.85. The van der Waals surface area contributed by atoms with Crippen molar-refractivity contribution in [2.24, 2.45) is 5.92 Å². The maximum atomic E-state index is 11.5. The Bertz CT molecular complexity index is 231. The van der Waals surface area contributed by atoms with Crippen molar-refractivity contribution in [2.75, 3.05) is 13.7 Å². The van der Waals surface area contributed by atoms with Gasteiger partial charge in [-0.1, -0.05) is 6.92 Å². The lowest BCUT2D eigenvalue weighted by Gasteiger charge is -2.26. The maximum absolute atomic E-state index is 11.5. The molecule has 1 unspecified atom stereocenters. The Labute approximate surface area is 85.2 Å². The highest BCUT2D eigenvalue weighted by atomic mass is 16.5. The van der Waals surface area contributed by atoms with Crippen molar-refractivity contribution in [2.45, 2.75) is 32.7 Å². The maximum Gasteiger partial charge on any atom is 0.237 e. The van der Waals surface area contributed by atoms with Crippen molar-refractivity contribution in [1.29, 1.82) is 5.26 Å². The molecular formula is C10H18N2O2. The number of rotatable bonds is 5. The van der Waals surface area contributed by atoms with Gasteiger partial charge in [-0.3, -0.25) is 4.79 Å². The predicted octanol–water partition coefficient (Wildman–Crippen LogP) is 1.08. The van der Waals surface area contributed by atoms with Crippen LogP contribution in [0.4, 0.5) is 0 Å². The molecule has 1 N–H and O–H groups in total. The van der Waals surface area contributed by atoms with E-state index in [-0.39, 0.29) is 5.91 Å². The Morgan fingerprint density at radius 2 is 2.21 bits per heavy atom. The molecule has 4 nitrogen and oxygen atoms in total. The van der Waals surface area contributed by atoms with Gasteiger partial charge in [-0.2, -0.15) is 5.26 Å². The molecule has 0 aliphatic carbocycles. The zero-order valence-corrected chi connectivity index (χ0v) is 9.26. The van der Waals surface area contributed by atoms with Gasteiger partial charge in [-0.15, -0.1) is 0 Å². The highest BCUT2D eigenvalue weighted by Crippen LogP contribution is 2.07. The Morgan fingerprint density at radius 3 is 2.57 bits per heavy atom. The van der Waals surface area contributed by atoms with E-state index in [1.54, 1.807) is 7.11 Å². The normalized spacial score (nSPS) is 13.1. The first-order valence-electron chi connectivity index (χ1n) is 4.67. The average Bonchev–Trinajstić information content (AvgIpc) is 2.04. The quantitative estimate of drug-likeness (QED) is 0.719. The molecule has 80 valence electrons. The van der Waals surface area contributed by atoms with Crippen LogP contribution in [-0.2, 0) is 9.53 Å². The van der Waals surface area contributed by atoms with Gasteiger partial charge in [0.15, 0.2) is 0 Å². The molecule has 0 aromatic rings. The lowest BCUT2D eigenvalue weighted by Crippen LogP contribution is -2.48. The van der Waals surface area contributed by atoms with E-state index in [9.17, 15) is 4.79 Å². The summed E-state index contributed by atoms with van der Waals surface area (Å²) in [6, 6.07) is 1.96. The minimum Gasteiger partial charge on any atom is -0.382 e. The summed E-state index contributed by atoms with van der Waals surface area (Å²) >= 11 is 0. The van der Waals surface area contributed by atoms with E-state index in [4.69, 9.17) is 10.00 Å². The molecule has 0 aromatic heterocycles. The van der Waals surface area contributed by atoms with Gasteiger partial charge >= 0.3 is 0 Å². The first kappa shape index (κ1) is 12.9. The van der Waals surface area contributed by atoms with Crippen LogP contribution in [0.5, 0.6) is 0 Å². The molecule has 4 heteroatoms. The Morgan fingerprint density at radius 1 is 1.64 bits per heavy atom. The molecule has 0 heterocycles. The SMILES string of the molecule is CCC(C#N)C(=O)NC(C)(C)COC. The average molecular weight is 198 g/mol. The summed E-state index contributed by atoms with van der Waals surface area (Å²) in [7, 11) is 1.58. The van der Waals surface area contributed by atoms with Gasteiger partial charge in [0.2, 0.25) is 5.91 Å². The molecule has 0 spiro atoms. The lowest BCUT2D eigenvalue weighted by atomic mass is 10.0. The van der Waals surface area contributed by atoms with Crippen LogP contribution < -0.4 is 5.32 Å². The smallest absolute Gasteiger partial charge is 0.237 e. The van der Waals surface area contributed by atoms with Gasteiger partial charge in [0.05, 0.1) is 18.2 Å². The van der Waals surface area contributed by atoms with Crippen LogP contribution in [0.2, 0.25) is 0 Å². The van der Waals surface area contributed by atoms with Crippen molar-refractivity contribution in [3.63, 3.8) is 0 Å². The van der Waals surface area contributed by atoms with Crippen molar-refractivity contribution < 1.29 is 9.53 Å². The highest BCUT2D eigenvalue weighted by molar-refractivity contribution is 5.81. The number of nitrogens with zero attached hydrogens (tertiary/aromatic N) is 1. The van der Waals surface area contributed by atoms with E-state index in [2.05, 4.69) is 5.32 Å². The second-order valence-corrected chi connectivity index (χ2v) is 3.90. The fourth-order valence-electron chi connectivity index (χ4n) is 1.15. The van der Waals surface area contributed by atoms with E-state index in [0.717, 1.165) is 0 Å². The molecule has 0 radical (unpaired) electrons. The number of ether oxygens (including phenoxy) is 1. The van der Waals surface area contributed by atoms with Crippen LogP contribution in [0.1, 0.15) is 27.2 Å². The lowest BCUT2D eigenvalue weighted by molar-refractivity contribution is -0.125. The molecule has 14 heavy (non-hydrogen) atoms. The monoisotopic (exact) mass is 198 g/mol. The van der Waals surface area contributed by atoms with E-state index in [1.165, 1.54) is 0 Å². The van der Waals surface area contributed by atoms with Crippen molar-refractivity contribution in [1.82, 2.24) is 5.32 Å². The zero-order valence-electron chi connectivity index (χ0n) is 9.26. The molecule has 0 saturated heterocycles. The van der Waals surface area contributed by atoms with Crippen LogP contribution in [0.25, 0.3) is 0 Å². The summed E-state index contributed by atoms with van der Waals surface area (Å²) in [5.41, 5.74) is -0.421. The topological polar surface area (TPSA) is 62.1 Å². The van der Waals surface area contributed by atoms with Crippen LogP contribution in [0.3, 0.4) is 0 Å². The third kappa shape index (κ3) is 4.24. The van der Waals surface area contributed by atoms with E-state index < -0.39 is 11.5 Å². The molecule has 0 saturated carbocycles. The summed E-state index contributed by atoms with van der Waals surface area (Å²) < 4.78 is 4.96. The van der Waals surface area contributed by atoms with Crippen LogP contribution in [0, 0.1) is 17.2 Å². The van der Waals surface area contributed by atoms with E-state index in [1.807, 2.05) is 26.8 Å². The molecule has 0 aromatic carbocycles. The fourth-order valence-corrected chi connectivity index (χ4v) is 1.15. The minimum atomic E-state index is -0.564. The van der Waals surface area contributed by atoms with Crippen LogP contribution >= 0.6 is 0 Å². The van der Waals surface area contributed by atoms with Crippen LogP contribution in [-0.4, -0.2) is 25.2 Å². The van der Waals surface area contributed by atoms with Crippen molar-refractivity contribution in [3.8, 4) is 6.07 Å².